The molecule has 1 N–H and O–H groups in total. The number of hydrogen-bond acceptors (Lipinski definition) is 2. The van der Waals surface area contributed by atoms with Crippen molar-refractivity contribution < 1.29 is 9.13 Å². The van der Waals surface area contributed by atoms with E-state index < -0.39 is 5.82 Å². The summed E-state index contributed by atoms with van der Waals surface area (Å²) in [6.45, 7) is 5.72. The molecule has 2 aromatic carbocycles. The fourth-order valence-electron chi connectivity index (χ4n) is 1.95. The molecule has 2 aromatic rings. The first-order valence-electron chi connectivity index (χ1n) is 7.03. The van der Waals surface area contributed by atoms with Gasteiger partial charge in [0, 0.05) is 6.54 Å². The Morgan fingerprint density at radius 3 is 2.67 bits per heavy atom. The van der Waals surface area contributed by atoms with Gasteiger partial charge >= 0.3 is 0 Å². The molecule has 0 amide bonds. The summed E-state index contributed by atoms with van der Waals surface area (Å²) in [6.07, 6.45) is 1.08. The van der Waals surface area contributed by atoms with Gasteiger partial charge in [-0.05, 0) is 55.3 Å². The average Bonchev–Trinajstić information content (AvgIpc) is 2.46. The predicted octanol–water partition coefficient (Wildman–Crippen LogP) is 5.08. The molecule has 0 aliphatic heterocycles. The van der Waals surface area contributed by atoms with Gasteiger partial charge in [-0.1, -0.05) is 30.7 Å². The minimum atomic E-state index is -0.398. The smallest absolute Gasteiger partial charge is 0.165 e. The SMILES string of the molecule is CCCNCc1ccc(Oc2cc(C)ccc2F)c(Cl)c1. The largest absolute Gasteiger partial charge is 0.453 e. The van der Waals surface area contributed by atoms with E-state index in [-0.39, 0.29) is 5.75 Å². The van der Waals surface area contributed by atoms with Crippen LogP contribution in [-0.4, -0.2) is 6.54 Å². The van der Waals surface area contributed by atoms with Gasteiger partial charge < -0.3 is 10.1 Å². The molecule has 0 saturated carbocycles. The zero-order chi connectivity index (χ0) is 15.2. The van der Waals surface area contributed by atoms with Crippen LogP contribution in [0.3, 0.4) is 0 Å². The number of rotatable bonds is 6. The average molecular weight is 308 g/mol. The molecule has 2 nitrogen and oxygen atoms in total. The van der Waals surface area contributed by atoms with E-state index in [0.717, 1.165) is 30.6 Å². The van der Waals surface area contributed by atoms with E-state index in [1.54, 1.807) is 18.2 Å². The summed E-state index contributed by atoms with van der Waals surface area (Å²) in [6, 6.07) is 10.3. The van der Waals surface area contributed by atoms with Crippen molar-refractivity contribution in [3.63, 3.8) is 0 Å². The molecule has 0 bridgehead atoms. The lowest BCUT2D eigenvalue weighted by Gasteiger charge is -2.11. The van der Waals surface area contributed by atoms with Crippen LogP contribution in [0.5, 0.6) is 11.5 Å². The van der Waals surface area contributed by atoms with Crippen molar-refractivity contribution in [2.75, 3.05) is 6.54 Å². The number of benzene rings is 2. The second kappa shape index (κ2) is 7.43. The fraction of sp³-hybridized carbons (Fsp3) is 0.294. The zero-order valence-electron chi connectivity index (χ0n) is 12.2. The topological polar surface area (TPSA) is 21.3 Å². The van der Waals surface area contributed by atoms with Crippen molar-refractivity contribution >= 4 is 11.6 Å². The van der Waals surface area contributed by atoms with Gasteiger partial charge in [-0.3, -0.25) is 0 Å². The van der Waals surface area contributed by atoms with E-state index in [0.29, 0.717) is 10.8 Å². The van der Waals surface area contributed by atoms with Crippen LogP contribution in [0.1, 0.15) is 24.5 Å². The molecule has 0 unspecified atom stereocenters. The van der Waals surface area contributed by atoms with Gasteiger partial charge in [0.2, 0.25) is 0 Å². The maximum absolute atomic E-state index is 13.7. The molecular formula is C17H19ClFNO. The normalized spacial score (nSPS) is 10.7. The van der Waals surface area contributed by atoms with Gasteiger partial charge in [-0.25, -0.2) is 4.39 Å². The molecule has 0 fully saturated rings. The van der Waals surface area contributed by atoms with Crippen molar-refractivity contribution in [1.82, 2.24) is 5.32 Å². The third kappa shape index (κ3) is 4.45. The van der Waals surface area contributed by atoms with Gasteiger partial charge in [0.1, 0.15) is 5.75 Å². The summed E-state index contributed by atoms with van der Waals surface area (Å²) in [5.41, 5.74) is 2.01. The van der Waals surface area contributed by atoms with E-state index in [1.165, 1.54) is 6.07 Å². The highest BCUT2D eigenvalue weighted by molar-refractivity contribution is 6.32. The van der Waals surface area contributed by atoms with Gasteiger partial charge in [0.25, 0.3) is 0 Å². The number of ether oxygens (including phenoxy) is 1. The maximum Gasteiger partial charge on any atom is 0.165 e. The lowest BCUT2D eigenvalue weighted by molar-refractivity contribution is 0.442. The van der Waals surface area contributed by atoms with Crippen molar-refractivity contribution in [3.05, 3.63) is 58.4 Å². The first-order valence-corrected chi connectivity index (χ1v) is 7.41. The van der Waals surface area contributed by atoms with E-state index in [2.05, 4.69) is 12.2 Å². The Bertz CT molecular complexity index is 616. The van der Waals surface area contributed by atoms with Crippen molar-refractivity contribution in [3.8, 4) is 11.5 Å². The summed E-state index contributed by atoms with van der Waals surface area (Å²) in [5.74, 6) is 0.250. The molecule has 21 heavy (non-hydrogen) atoms. The van der Waals surface area contributed by atoms with Crippen molar-refractivity contribution in [2.45, 2.75) is 26.8 Å². The van der Waals surface area contributed by atoms with Crippen molar-refractivity contribution in [1.29, 1.82) is 0 Å². The number of halogens is 2. The second-order valence-electron chi connectivity index (χ2n) is 4.98. The molecule has 0 aliphatic rings. The van der Waals surface area contributed by atoms with Crippen molar-refractivity contribution in [2.24, 2.45) is 0 Å². The third-order valence-electron chi connectivity index (χ3n) is 3.06. The van der Waals surface area contributed by atoms with Crippen LogP contribution in [0.2, 0.25) is 5.02 Å². The molecule has 0 saturated heterocycles. The quantitative estimate of drug-likeness (QED) is 0.751. The molecular weight excluding hydrogens is 289 g/mol. The van der Waals surface area contributed by atoms with Crippen LogP contribution in [0, 0.1) is 12.7 Å². The number of aryl methyl sites for hydroxylation is 1. The van der Waals surface area contributed by atoms with Gasteiger partial charge in [0.05, 0.1) is 5.02 Å². The molecule has 112 valence electrons. The number of hydrogen-bond donors (Lipinski definition) is 1. The Morgan fingerprint density at radius 2 is 1.95 bits per heavy atom. The Hall–Kier alpha value is -1.58. The highest BCUT2D eigenvalue weighted by Gasteiger charge is 2.08. The fourth-order valence-corrected chi connectivity index (χ4v) is 2.20. The van der Waals surface area contributed by atoms with Gasteiger partial charge in [0.15, 0.2) is 11.6 Å². The zero-order valence-corrected chi connectivity index (χ0v) is 13.0. The van der Waals surface area contributed by atoms with Gasteiger partial charge in [-0.2, -0.15) is 0 Å². The molecule has 0 radical (unpaired) electrons. The predicted molar refractivity (Wildman–Crippen MR) is 84.7 cm³/mol. The maximum atomic E-state index is 13.7. The van der Waals surface area contributed by atoms with E-state index in [4.69, 9.17) is 16.3 Å². The van der Waals surface area contributed by atoms with Crippen LogP contribution < -0.4 is 10.1 Å². The summed E-state index contributed by atoms with van der Waals surface area (Å²) in [5, 5.41) is 3.78. The van der Waals surface area contributed by atoms with E-state index >= 15 is 0 Å². The number of nitrogens with one attached hydrogen (secondary N) is 1. The lowest BCUT2D eigenvalue weighted by Crippen LogP contribution is -2.13. The minimum Gasteiger partial charge on any atom is -0.453 e. The van der Waals surface area contributed by atoms with Crippen LogP contribution in [0.4, 0.5) is 4.39 Å². The molecule has 0 atom stereocenters. The lowest BCUT2D eigenvalue weighted by atomic mass is 10.2. The first kappa shape index (κ1) is 15.8. The Balaban J connectivity index is 2.12. The molecule has 4 heteroatoms. The monoisotopic (exact) mass is 307 g/mol. The molecule has 0 spiro atoms. The van der Waals surface area contributed by atoms with Crippen LogP contribution in [0.25, 0.3) is 0 Å². The molecule has 0 aliphatic carbocycles. The second-order valence-corrected chi connectivity index (χ2v) is 5.38. The summed E-state index contributed by atoms with van der Waals surface area (Å²) < 4.78 is 19.3. The highest BCUT2D eigenvalue weighted by atomic mass is 35.5. The van der Waals surface area contributed by atoms with Gasteiger partial charge in [-0.15, -0.1) is 0 Å². The summed E-state index contributed by atoms with van der Waals surface area (Å²) in [7, 11) is 0. The van der Waals surface area contributed by atoms with E-state index in [1.807, 2.05) is 19.1 Å². The summed E-state index contributed by atoms with van der Waals surface area (Å²) >= 11 is 6.21. The van der Waals surface area contributed by atoms with Crippen LogP contribution in [-0.2, 0) is 6.54 Å². The molecule has 0 aromatic heterocycles. The third-order valence-corrected chi connectivity index (χ3v) is 3.35. The Labute approximate surface area is 129 Å². The summed E-state index contributed by atoms with van der Waals surface area (Å²) in [4.78, 5) is 0. The molecule has 0 heterocycles. The van der Waals surface area contributed by atoms with Crippen LogP contribution >= 0.6 is 11.6 Å². The first-order chi connectivity index (χ1) is 10.1. The van der Waals surface area contributed by atoms with E-state index in [9.17, 15) is 4.39 Å². The minimum absolute atomic E-state index is 0.189. The molecule has 2 rings (SSSR count). The van der Waals surface area contributed by atoms with Crippen LogP contribution in [0.15, 0.2) is 36.4 Å². The Kier molecular flexibility index (Phi) is 5.59. The standard InChI is InChI=1S/C17H19ClFNO/c1-3-8-20-11-13-5-7-16(14(18)10-13)21-17-9-12(2)4-6-15(17)19/h4-7,9-10,20H,3,8,11H2,1-2H3. The Morgan fingerprint density at radius 1 is 1.14 bits per heavy atom. The highest BCUT2D eigenvalue weighted by Crippen LogP contribution is 2.31.